The summed E-state index contributed by atoms with van der Waals surface area (Å²) in [5.74, 6) is 1.82. The van der Waals surface area contributed by atoms with E-state index < -0.39 is 0 Å². The molecule has 1 aromatic carbocycles. The van der Waals surface area contributed by atoms with Gasteiger partial charge in [0, 0.05) is 11.8 Å². The van der Waals surface area contributed by atoms with E-state index in [2.05, 4.69) is 38.3 Å². The summed E-state index contributed by atoms with van der Waals surface area (Å²) >= 11 is 3.42. The van der Waals surface area contributed by atoms with E-state index in [1.165, 1.54) is 23.3 Å². The summed E-state index contributed by atoms with van der Waals surface area (Å²) in [6.45, 7) is 0. The molecule has 0 radical (unpaired) electrons. The van der Waals surface area contributed by atoms with Crippen molar-refractivity contribution in [1.29, 1.82) is 5.26 Å². The third-order valence-electron chi connectivity index (χ3n) is 3.77. The van der Waals surface area contributed by atoms with Gasteiger partial charge in [0.05, 0.1) is 16.5 Å². The molecule has 0 bridgehead atoms. The monoisotopic (exact) mass is 338 g/mol. The summed E-state index contributed by atoms with van der Waals surface area (Å²) in [6, 6.07) is 14.6. The summed E-state index contributed by atoms with van der Waals surface area (Å²) < 4.78 is 2.29. The number of rotatable bonds is 5. The number of nitriles is 1. The van der Waals surface area contributed by atoms with Crippen LogP contribution in [0.5, 0.6) is 0 Å². The second-order valence-electron chi connectivity index (χ2n) is 5.48. The zero-order chi connectivity index (χ0) is 15.6. The Balaban J connectivity index is 1.56. The normalized spacial score (nSPS) is 13.9. The van der Waals surface area contributed by atoms with Gasteiger partial charge < -0.3 is 0 Å². The zero-order valence-electron chi connectivity index (χ0n) is 12.3. The van der Waals surface area contributed by atoms with Gasteiger partial charge in [-0.1, -0.05) is 30.0 Å². The van der Waals surface area contributed by atoms with Crippen molar-refractivity contribution in [3.63, 3.8) is 0 Å². The van der Waals surface area contributed by atoms with Crippen molar-refractivity contribution in [2.45, 2.75) is 29.8 Å². The van der Waals surface area contributed by atoms with E-state index in [1.54, 1.807) is 23.1 Å². The van der Waals surface area contributed by atoms with Crippen molar-refractivity contribution in [3.8, 4) is 16.8 Å². The van der Waals surface area contributed by atoms with Crippen LogP contribution in [0.2, 0.25) is 0 Å². The predicted molar refractivity (Wildman–Crippen MR) is 92.3 cm³/mol. The Kier molecular flexibility index (Phi) is 3.90. The number of hydrogen-bond acceptors (Lipinski definition) is 5. The van der Waals surface area contributed by atoms with E-state index >= 15 is 0 Å². The first-order valence-corrected chi connectivity index (χ1v) is 9.32. The molecule has 1 aliphatic rings. The van der Waals surface area contributed by atoms with Crippen LogP contribution in [0.3, 0.4) is 0 Å². The molecule has 0 amide bonds. The van der Waals surface area contributed by atoms with E-state index in [0.29, 0.717) is 11.6 Å². The molecule has 23 heavy (non-hydrogen) atoms. The van der Waals surface area contributed by atoms with E-state index in [1.807, 2.05) is 24.3 Å². The quantitative estimate of drug-likeness (QED) is 0.643. The molecular weight excluding hydrogens is 324 g/mol. The fraction of sp³-hybridized carbons (Fsp3) is 0.235. The highest BCUT2D eigenvalue weighted by Gasteiger charge is 2.30. The van der Waals surface area contributed by atoms with Crippen LogP contribution in [-0.2, 0) is 5.75 Å². The zero-order valence-corrected chi connectivity index (χ0v) is 14.0. The molecule has 0 N–H and O–H groups in total. The van der Waals surface area contributed by atoms with Gasteiger partial charge in [0.25, 0.3) is 0 Å². The van der Waals surface area contributed by atoms with Gasteiger partial charge in [-0.2, -0.15) is 5.26 Å². The molecule has 0 saturated heterocycles. The lowest BCUT2D eigenvalue weighted by Crippen LogP contribution is -1.99. The molecule has 2 aromatic heterocycles. The Morgan fingerprint density at radius 3 is 2.70 bits per heavy atom. The fourth-order valence-corrected chi connectivity index (χ4v) is 4.10. The first-order chi connectivity index (χ1) is 11.3. The summed E-state index contributed by atoms with van der Waals surface area (Å²) in [6.07, 6.45) is 2.42. The smallest absolute Gasteiger partial charge is 0.192 e. The molecule has 0 spiro atoms. The van der Waals surface area contributed by atoms with E-state index in [4.69, 9.17) is 5.26 Å². The second-order valence-corrected chi connectivity index (χ2v) is 7.37. The van der Waals surface area contributed by atoms with E-state index in [-0.39, 0.29) is 0 Å². The first kappa shape index (κ1) is 14.5. The van der Waals surface area contributed by atoms with Gasteiger partial charge in [-0.15, -0.1) is 21.5 Å². The molecule has 1 fully saturated rings. The minimum atomic E-state index is 0.547. The Hall–Kier alpha value is -2.10. The van der Waals surface area contributed by atoms with Crippen LogP contribution in [0.4, 0.5) is 0 Å². The Bertz CT molecular complexity index is 840. The molecule has 0 aliphatic heterocycles. The molecular formula is C17H14N4S2. The maximum absolute atomic E-state index is 8.86. The van der Waals surface area contributed by atoms with Crippen LogP contribution in [0.15, 0.2) is 46.9 Å². The lowest BCUT2D eigenvalue weighted by atomic mass is 10.2. The number of thiophene rings is 1. The lowest BCUT2D eigenvalue weighted by Gasteiger charge is -2.07. The summed E-state index contributed by atoms with van der Waals surface area (Å²) in [5, 5.41) is 20.8. The van der Waals surface area contributed by atoms with Crippen molar-refractivity contribution in [3.05, 3.63) is 52.9 Å². The molecule has 114 valence electrons. The first-order valence-electron chi connectivity index (χ1n) is 7.46. The van der Waals surface area contributed by atoms with Crippen LogP contribution in [-0.4, -0.2) is 14.8 Å². The average Bonchev–Trinajstić information content (AvgIpc) is 3.12. The summed E-state index contributed by atoms with van der Waals surface area (Å²) in [7, 11) is 0. The van der Waals surface area contributed by atoms with Crippen LogP contribution in [0.25, 0.3) is 10.7 Å². The number of hydrogen-bond donors (Lipinski definition) is 0. The number of nitrogens with zero attached hydrogens (tertiary/aromatic N) is 4. The van der Waals surface area contributed by atoms with Crippen molar-refractivity contribution >= 4 is 23.1 Å². The predicted octanol–water partition coefficient (Wildman–Crippen LogP) is 4.51. The number of thioether (sulfide) groups is 1. The molecule has 1 saturated carbocycles. The third kappa shape index (κ3) is 3.03. The average molecular weight is 338 g/mol. The van der Waals surface area contributed by atoms with Gasteiger partial charge in [-0.3, -0.25) is 4.57 Å². The van der Waals surface area contributed by atoms with Crippen molar-refractivity contribution in [2.24, 2.45) is 0 Å². The summed E-state index contributed by atoms with van der Waals surface area (Å²) in [4.78, 5) is 1.18. The molecule has 3 aromatic rings. The van der Waals surface area contributed by atoms with Gasteiger partial charge in [-0.25, -0.2) is 0 Å². The van der Waals surface area contributed by atoms with Gasteiger partial charge >= 0.3 is 0 Å². The van der Waals surface area contributed by atoms with Crippen LogP contribution in [0.1, 0.15) is 30.0 Å². The third-order valence-corrected chi connectivity index (χ3v) is 5.65. The van der Waals surface area contributed by atoms with Crippen molar-refractivity contribution < 1.29 is 0 Å². The van der Waals surface area contributed by atoms with Crippen LogP contribution in [0, 0.1) is 11.3 Å². The molecule has 4 rings (SSSR count). The van der Waals surface area contributed by atoms with Gasteiger partial charge in [0.15, 0.2) is 11.0 Å². The maximum Gasteiger partial charge on any atom is 0.192 e. The Morgan fingerprint density at radius 2 is 2.04 bits per heavy atom. The highest BCUT2D eigenvalue weighted by atomic mass is 32.2. The SMILES string of the molecule is N#Cc1ccc(CSc2nnc(-c3cccs3)n2C2CC2)cc1. The van der Waals surface area contributed by atoms with Crippen molar-refractivity contribution in [1.82, 2.24) is 14.8 Å². The molecule has 6 heteroatoms. The fourth-order valence-electron chi connectivity index (χ4n) is 2.43. The van der Waals surface area contributed by atoms with Crippen molar-refractivity contribution in [2.75, 3.05) is 0 Å². The van der Waals surface area contributed by atoms with Gasteiger partial charge in [-0.05, 0) is 42.0 Å². The Labute approximate surface area is 142 Å². The molecule has 2 heterocycles. The molecule has 0 unspecified atom stereocenters. The largest absolute Gasteiger partial charge is 0.298 e. The Morgan fingerprint density at radius 1 is 1.22 bits per heavy atom. The maximum atomic E-state index is 8.86. The van der Waals surface area contributed by atoms with Crippen LogP contribution >= 0.6 is 23.1 Å². The number of benzene rings is 1. The molecule has 1 aliphatic carbocycles. The highest BCUT2D eigenvalue weighted by Crippen LogP contribution is 2.42. The van der Waals surface area contributed by atoms with Gasteiger partial charge in [0.2, 0.25) is 0 Å². The second kappa shape index (κ2) is 6.19. The number of aromatic nitrogens is 3. The minimum absolute atomic E-state index is 0.547. The molecule has 4 nitrogen and oxygen atoms in total. The highest BCUT2D eigenvalue weighted by molar-refractivity contribution is 7.98. The van der Waals surface area contributed by atoms with E-state index in [9.17, 15) is 0 Å². The summed E-state index contributed by atoms with van der Waals surface area (Å²) in [5.41, 5.74) is 1.89. The molecule has 0 atom stereocenters. The van der Waals surface area contributed by atoms with Crippen LogP contribution < -0.4 is 0 Å². The van der Waals surface area contributed by atoms with E-state index in [0.717, 1.165) is 16.7 Å². The minimum Gasteiger partial charge on any atom is -0.298 e. The standard InChI is InChI=1S/C17H14N4S2/c18-10-12-3-5-13(6-4-12)11-23-17-20-19-16(15-2-1-9-22-15)21(17)14-7-8-14/h1-6,9,14H,7-8,11H2. The lowest BCUT2D eigenvalue weighted by molar-refractivity contribution is 0.670. The topological polar surface area (TPSA) is 54.5 Å². The van der Waals surface area contributed by atoms with Gasteiger partial charge in [0.1, 0.15) is 0 Å².